The molecule has 1 aromatic carbocycles. The van der Waals surface area contributed by atoms with Gasteiger partial charge in [0.2, 0.25) is 0 Å². The van der Waals surface area contributed by atoms with Crippen LogP contribution in [0.2, 0.25) is 0 Å². The number of hydrogen-bond acceptors (Lipinski definition) is 3. The fourth-order valence-corrected chi connectivity index (χ4v) is 1.69. The summed E-state index contributed by atoms with van der Waals surface area (Å²) in [6.45, 7) is 3.30. The van der Waals surface area contributed by atoms with E-state index < -0.39 is 5.91 Å². The van der Waals surface area contributed by atoms with Crippen LogP contribution in [0.4, 0.5) is 4.39 Å². The number of aromatic nitrogens is 3. The van der Waals surface area contributed by atoms with Crippen LogP contribution >= 0.6 is 0 Å². The van der Waals surface area contributed by atoms with Crippen LogP contribution in [0.3, 0.4) is 0 Å². The fourth-order valence-electron chi connectivity index (χ4n) is 1.69. The number of H-pyrrole nitrogens is 1. The Morgan fingerprint density at radius 2 is 1.88 bits per heavy atom. The SMILES string of the molecule is Cc1cc(-c2n[nH]nc2C(N)=O)cc(C)c1F. The maximum absolute atomic E-state index is 13.5. The number of nitrogens with two attached hydrogens (primary N) is 1. The predicted octanol–water partition coefficient (Wildman–Crippen LogP) is 1.33. The summed E-state index contributed by atoms with van der Waals surface area (Å²) in [5.41, 5.74) is 7.14. The van der Waals surface area contributed by atoms with Crippen molar-refractivity contribution >= 4 is 5.91 Å². The number of aryl methyl sites for hydroxylation is 2. The first-order valence-electron chi connectivity index (χ1n) is 4.98. The van der Waals surface area contributed by atoms with E-state index in [4.69, 9.17) is 5.73 Å². The minimum Gasteiger partial charge on any atom is -0.364 e. The number of nitrogens with zero attached hydrogens (tertiary/aromatic N) is 2. The van der Waals surface area contributed by atoms with E-state index in [0.29, 0.717) is 22.4 Å². The first-order valence-corrected chi connectivity index (χ1v) is 4.98. The number of rotatable bonds is 2. The second-order valence-corrected chi connectivity index (χ2v) is 3.81. The molecule has 0 fully saturated rings. The first-order chi connectivity index (χ1) is 8.00. The zero-order valence-electron chi connectivity index (χ0n) is 9.41. The average molecular weight is 234 g/mol. The van der Waals surface area contributed by atoms with Gasteiger partial charge in [-0.05, 0) is 37.1 Å². The van der Waals surface area contributed by atoms with Crippen molar-refractivity contribution in [3.05, 3.63) is 34.8 Å². The second-order valence-electron chi connectivity index (χ2n) is 3.81. The standard InChI is InChI=1S/C11H11FN4O/c1-5-3-7(4-6(2)8(5)12)9-10(11(13)17)15-16-14-9/h3-4H,1-2H3,(H2,13,17)(H,14,15,16). The first kappa shape index (κ1) is 11.3. The molecule has 88 valence electrons. The van der Waals surface area contributed by atoms with Crippen molar-refractivity contribution < 1.29 is 9.18 Å². The van der Waals surface area contributed by atoms with Crippen molar-refractivity contribution in [2.24, 2.45) is 5.73 Å². The Hall–Kier alpha value is -2.24. The van der Waals surface area contributed by atoms with Gasteiger partial charge in [0.25, 0.3) is 5.91 Å². The van der Waals surface area contributed by atoms with E-state index in [9.17, 15) is 9.18 Å². The van der Waals surface area contributed by atoms with E-state index in [1.807, 2.05) is 0 Å². The number of hydrogen-bond donors (Lipinski definition) is 2. The highest BCUT2D eigenvalue weighted by Gasteiger charge is 2.16. The largest absolute Gasteiger partial charge is 0.364 e. The highest BCUT2D eigenvalue weighted by atomic mass is 19.1. The smallest absolute Gasteiger partial charge is 0.271 e. The Morgan fingerprint density at radius 3 is 2.41 bits per heavy atom. The van der Waals surface area contributed by atoms with Crippen molar-refractivity contribution in [2.45, 2.75) is 13.8 Å². The van der Waals surface area contributed by atoms with E-state index in [1.165, 1.54) is 0 Å². The lowest BCUT2D eigenvalue weighted by atomic mass is 10.0. The van der Waals surface area contributed by atoms with Gasteiger partial charge in [-0.15, -0.1) is 0 Å². The number of halogens is 1. The molecule has 2 aromatic rings. The quantitative estimate of drug-likeness (QED) is 0.821. The predicted molar refractivity (Wildman–Crippen MR) is 59.8 cm³/mol. The summed E-state index contributed by atoms with van der Waals surface area (Å²) < 4.78 is 13.5. The molecule has 0 saturated carbocycles. The molecule has 6 heteroatoms. The molecule has 0 aliphatic heterocycles. The molecule has 0 radical (unpaired) electrons. The third kappa shape index (κ3) is 1.89. The van der Waals surface area contributed by atoms with E-state index in [1.54, 1.807) is 26.0 Å². The number of aromatic amines is 1. The Labute approximate surface area is 96.8 Å². The van der Waals surface area contributed by atoms with E-state index in [2.05, 4.69) is 15.4 Å². The summed E-state index contributed by atoms with van der Waals surface area (Å²) in [4.78, 5) is 11.1. The molecular formula is C11H11FN4O. The van der Waals surface area contributed by atoms with Crippen molar-refractivity contribution in [3.63, 3.8) is 0 Å². The Bertz CT molecular complexity index is 568. The number of nitrogens with one attached hydrogen (secondary N) is 1. The monoisotopic (exact) mass is 234 g/mol. The van der Waals surface area contributed by atoms with E-state index in [-0.39, 0.29) is 11.5 Å². The third-order valence-corrected chi connectivity index (χ3v) is 2.49. The molecule has 17 heavy (non-hydrogen) atoms. The van der Waals surface area contributed by atoms with Gasteiger partial charge >= 0.3 is 0 Å². The number of carbonyl (C=O) groups is 1. The third-order valence-electron chi connectivity index (χ3n) is 2.49. The summed E-state index contributed by atoms with van der Waals surface area (Å²) in [6.07, 6.45) is 0. The molecule has 3 N–H and O–H groups in total. The Kier molecular flexibility index (Phi) is 2.63. The van der Waals surface area contributed by atoms with Crippen LogP contribution in [0.15, 0.2) is 12.1 Å². The van der Waals surface area contributed by atoms with Crippen LogP contribution in [0, 0.1) is 19.7 Å². The summed E-state index contributed by atoms with van der Waals surface area (Å²) in [6, 6.07) is 3.21. The zero-order chi connectivity index (χ0) is 12.6. The van der Waals surface area contributed by atoms with E-state index in [0.717, 1.165) is 0 Å². The van der Waals surface area contributed by atoms with Crippen LogP contribution in [0.5, 0.6) is 0 Å². The highest BCUT2D eigenvalue weighted by Crippen LogP contribution is 2.24. The summed E-state index contributed by atoms with van der Waals surface area (Å²) in [5.74, 6) is -0.939. The number of primary amides is 1. The normalized spacial score (nSPS) is 10.5. The van der Waals surface area contributed by atoms with Gasteiger partial charge in [0.15, 0.2) is 5.69 Å². The number of benzene rings is 1. The Morgan fingerprint density at radius 1 is 1.29 bits per heavy atom. The molecule has 2 rings (SSSR count). The van der Waals surface area contributed by atoms with Crippen LogP contribution in [-0.4, -0.2) is 21.3 Å². The van der Waals surface area contributed by atoms with Gasteiger partial charge in [-0.3, -0.25) is 4.79 Å². The lowest BCUT2D eigenvalue weighted by molar-refractivity contribution is 0.0996. The van der Waals surface area contributed by atoms with Gasteiger partial charge in [0.1, 0.15) is 11.5 Å². The van der Waals surface area contributed by atoms with Crippen molar-refractivity contribution in [1.29, 1.82) is 0 Å². The lowest BCUT2D eigenvalue weighted by Gasteiger charge is -2.04. The lowest BCUT2D eigenvalue weighted by Crippen LogP contribution is -2.12. The highest BCUT2D eigenvalue weighted by molar-refractivity contribution is 5.96. The maximum atomic E-state index is 13.5. The van der Waals surface area contributed by atoms with Crippen molar-refractivity contribution in [1.82, 2.24) is 15.4 Å². The molecule has 0 spiro atoms. The van der Waals surface area contributed by atoms with Crippen molar-refractivity contribution in [2.75, 3.05) is 0 Å². The minimum atomic E-state index is -0.673. The molecule has 1 heterocycles. The molecule has 0 saturated heterocycles. The molecule has 5 nitrogen and oxygen atoms in total. The molecule has 0 aliphatic rings. The van der Waals surface area contributed by atoms with Crippen LogP contribution in [-0.2, 0) is 0 Å². The molecule has 0 bridgehead atoms. The molecule has 0 aliphatic carbocycles. The van der Waals surface area contributed by atoms with Gasteiger partial charge in [-0.25, -0.2) is 4.39 Å². The fraction of sp³-hybridized carbons (Fsp3) is 0.182. The summed E-state index contributed by atoms with van der Waals surface area (Å²) >= 11 is 0. The summed E-state index contributed by atoms with van der Waals surface area (Å²) in [5, 5.41) is 9.87. The second kappa shape index (κ2) is 3.97. The Balaban J connectivity index is 2.61. The molecule has 0 atom stereocenters. The number of carbonyl (C=O) groups excluding carboxylic acids is 1. The van der Waals surface area contributed by atoms with Crippen LogP contribution in [0.25, 0.3) is 11.3 Å². The van der Waals surface area contributed by atoms with Gasteiger partial charge in [0, 0.05) is 5.56 Å². The molecule has 1 aromatic heterocycles. The van der Waals surface area contributed by atoms with Gasteiger partial charge in [-0.1, -0.05) is 0 Å². The summed E-state index contributed by atoms with van der Waals surface area (Å²) in [7, 11) is 0. The van der Waals surface area contributed by atoms with Gasteiger partial charge in [0.05, 0.1) is 0 Å². The van der Waals surface area contributed by atoms with Gasteiger partial charge < -0.3 is 5.73 Å². The van der Waals surface area contributed by atoms with Crippen molar-refractivity contribution in [3.8, 4) is 11.3 Å². The molecular weight excluding hydrogens is 223 g/mol. The maximum Gasteiger partial charge on any atom is 0.271 e. The van der Waals surface area contributed by atoms with Crippen LogP contribution in [0.1, 0.15) is 21.6 Å². The molecule has 0 unspecified atom stereocenters. The van der Waals surface area contributed by atoms with E-state index >= 15 is 0 Å². The number of amides is 1. The average Bonchev–Trinajstić information content (AvgIpc) is 2.74. The van der Waals surface area contributed by atoms with Crippen LogP contribution < -0.4 is 5.73 Å². The zero-order valence-corrected chi connectivity index (χ0v) is 9.41. The van der Waals surface area contributed by atoms with Gasteiger partial charge in [-0.2, -0.15) is 15.4 Å². The topological polar surface area (TPSA) is 84.7 Å². The molecule has 1 amide bonds. The minimum absolute atomic E-state index is 0.0513.